The Hall–Kier alpha value is -3.05. The Morgan fingerprint density at radius 1 is 1.06 bits per heavy atom. The number of pyridine rings is 2. The SMILES string of the molecule is CCN(CC)C(=O)[C@@]1(Cc2cccc(-c3cccnc3)c2)CCN(Cc2cccc(C)n2)C1. The molecule has 0 bridgehead atoms. The van der Waals surface area contributed by atoms with Crippen molar-refractivity contribution in [3.63, 3.8) is 0 Å². The van der Waals surface area contributed by atoms with Gasteiger partial charge in [-0.25, -0.2) is 0 Å². The van der Waals surface area contributed by atoms with Gasteiger partial charge in [0.25, 0.3) is 0 Å². The molecule has 0 aliphatic carbocycles. The maximum atomic E-state index is 13.8. The lowest BCUT2D eigenvalue weighted by Gasteiger charge is -2.34. The fraction of sp³-hybridized carbons (Fsp3) is 0.393. The molecule has 1 aromatic carbocycles. The number of nitrogens with zero attached hydrogens (tertiary/aromatic N) is 4. The van der Waals surface area contributed by atoms with Crippen molar-refractivity contribution in [2.45, 2.75) is 40.2 Å². The number of carbonyl (C=O) groups excluding carboxylic acids is 1. The minimum atomic E-state index is -0.413. The molecule has 3 heterocycles. The largest absolute Gasteiger partial charge is 0.343 e. The number of carbonyl (C=O) groups is 1. The van der Waals surface area contributed by atoms with E-state index in [0.717, 1.165) is 68.1 Å². The smallest absolute Gasteiger partial charge is 0.230 e. The molecule has 0 N–H and O–H groups in total. The Bertz CT molecular complexity index is 1080. The molecule has 1 fully saturated rings. The summed E-state index contributed by atoms with van der Waals surface area (Å²) in [5.41, 5.74) is 5.13. The fourth-order valence-corrected chi connectivity index (χ4v) is 5.04. The van der Waals surface area contributed by atoms with Crippen LogP contribution < -0.4 is 0 Å². The molecular formula is C28H34N4O. The Morgan fingerprint density at radius 3 is 2.58 bits per heavy atom. The van der Waals surface area contributed by atoms with Crippen LogP contribution in [0, 0.1) is 12.3 Å². The number of aryl methyl sites for hydroxylation is 1. The first-order valence-corrected chi connectivity index (χ1v) is 12.0. The topological polar surface area (TPSA) is 49.3 Å². The van der Waals surface area contributed by atoms with Gasteiger partial charge >= 0.3 is 0 Å². The molecule has 1 amide bonds. The number of likely N-dealkylation sites (tertiary alicyclic amines) is 1. The van der Waals surface area contributed by atoms with Crippen LogP contribution in [-0.2, 0) is 17.8 Å². The van der Waals surface area contributed by atoms with Crippen molar-refractivity contribution in [1.29, 1.82) is 0 Å². The highest BCUT2D eigenvalue weighted by Crippen LogP contribution is 2.37. The zero-order valence-electron chi connectivity index (χ0n) is 20.0. The molecule has 2 aromatic heterocycles. The average Bonchev–Trinajstić information content (AvgIpc) is 3.24. The van der Waals surface area contributed by atoms with Crippen molar-refractivity contribution >= 4 is 5.91 Å². The second-order valence-corrected chi connectivity index (χ2v) is 9.11. The van der Waals surface area contributed by atoms with Crippen LogP contribution in [0.3, 0.4) is 0 Å². The van der Waals surface area contributed by atoms with E-state index in [1.54, 1.807) is 6.20 Å². The third-order valence-corrected chi connectivity index (χ3v) is 6.73. The van der Waals surface area contributed by atoms with E-state index in [4.69, 9.17) is 0 Å². The van der Waals surface area contributed by atoms with E-state index >= 15 is 0 Å². The molecule has 0 unspecified atom stereocenters. The monoisotopic (exact) mass is 442 g/mol. The summed E-state index contributed by atoms with van der Waals surface area (Å²) in [5.74, 6) is 0.277. The van der Waals surface area contributed by atoms with E-state index < -0.39 is 5.41 Å². The van der Waals surface area contributed by atoms with Crippen molar-refractivity contribution in [2.24, 2.45) is 5.41 Å². The predicted octanol–water partition coefficient (Wildman–Crippen LogP) is 4.76. The molecule has 0 spiro atoms. The van der Waals surface area contributed by atoms with E-state index in [9.17, 15) is 4.79 Å². The predicted molar refractivity (Wildman–Crippen MR) is 133 cm³/mol. The van der Waals surface area contributed by atoms with E-state index in [1.807, 2.05) is 30.2 Å². The first kappa shape index (κ1) is 23.1. The molecular weight excluding hydrogens is 408 g/mol. The molecule has 1 aliphatic rings. The van der Waals surface area contributed by atoms with Gasteiger partial charge in [0.1, 0.15) is 0 Å². The number of amides is 1. The molecule has 33 heavy (non-hydrogen) atoms. The lowest BCUT2D eigenvalue weighted by molar-refractivity contribution is -0.141. The van der Waals surface area contributed by atoms with Crippen LogP contribution in [0.25, 0.3) is 11.1 Å². The molecule has 1 saturated heterocycles. The third kappa shape index (κ3) is 5.31. The van der Waals surface area contributed by atoms with Crippen LogP contribution in [0.1, 0.15) is 37.2 Å². The first-order valence-electron chi connectivity index (χ1n) is 12.0. The summed E-state index contributed by atoms with van der Waals surface area (Å²) in [4.78, 5) is 27.2. The normalized spacial score (nSPS) is 18.4. The van der Waals surface area contributed by atoms with Crippen molar-refractivity contribution in [2.75, 3.05) is 26.2 Å². The third-order valence-electron chi connectivity index (χ3n) is 6.73. The van der Waals surface area contributed by atoms with Crippen LogP contribution in [0.5, 0.6) is 0 Å². The van der Waals surface area contributed by atoms with Crippen molar-refractivity contribution in [1.82, 2.24) is 19.8 Å². The van der Waals surface area contributed by atoms with Gasteiger partial charge in [-0.15, -0.1) is 0 Å². The Balaban J connectivity index is 1.60. The first-order chi connectivity index (χ1) is 16.0. The summed E-state index contributed by atoms with van der Waals surface area (Å²) in [6.07, 6.45) is 5.29. The fourth-order valence-electron chi connectivity index (χ4n) is 5.04. The summed E-state index contributed by atoms with van der Waals surface area (Å²) >= 11 is 0. The lowest BCUT2D eigenvalue weighted by Crippen LogP contribution is -2.46. The van der Waals surface area contributed by atoms with Gasteiger partial charge in [0.05, 0.1) is 11.1 Å². The zero-order valence-corrected chi connectivity index (χ0v) is 20.0. The molecule has 3 aromatic rings. The van der Waals surface area contributed by atoms with Crippen molar-refractivity contribution in [3.8, 4) is 11.1 Å². The van der Waals surface area contributed by atoms with Crippen LogP contribution in [-0.4, -0.2) is 51.9 Å². The van der Waals surface area contributed by atoms with E-state index in [2.05, 4.69) is 71.2 Å². The van der Waals surface area contributed by atoms with Gasteiger partial charge in [0.15, 0.2) is 0 Å². The summed E-state index contributed by atoms with van der Waals surface area (Å²) in [6.45, 7) is 10.1. The standard InChI is InChI=1S/C28H34N4O/c1-4-32(5-2)27(33)28(14-16-31(21-28)20-26-13-6-9-22(3)30-26)18-23-10-7-11-24(17-23)25-12-8-15-29-19-25/h6-13,15,17,19H,4-5,14,16,18,20-21H2,1-3H3/t28-/m1/s1. The molecule has 1 aliphatic heterocycles. The Kier molecular flexibility index (Phi) is 7.19. The summed E-state index contributed by atoms with van der Waals surface area (Å²) in [6, 6.07) is 18.8. The van der Waals surface area contributed by atoms with Gasteiger partial charge in [0, 0.05) is 44.3 Å². The van der Waals surface area contributed by atoms with Gasteiger partial charge in [0.2, 0.25) is 5.91 Å². The number of rotatable bonds is 8. The molecule has 5 nitrogen and oxygen atoms in total. The van der Waals surface area contributed by atoms with Gasteiger partial charge < -0.3 is 4.90 Å². The van der Waals surface area contributed by atoms with E-state index in [0.29, 0.717) is 0 Å². The highest BCUT2D eigenvalue weighted by Gasteiger charge is 2.46. The molecule has 172 valence electrons. The molecule has 0 saturated carbocycles. The molecule has 1 atom stereocenters. The minimum Gasteiger partial charge on any atom is -0.343 e. The lowest BCUT2D eigenvalue weighted by atomic mass is 9.79. The van der Waals surface area contributed by atoms with E-state index in [1.165, 1.54) is 5.56 Å². The number of aromatic nitrogens is 2. The van der Waals surface area contributed by atoms with Crippen LogP contribution in [0.15, 0.2) is 67.0 Å². The summed E-state index contributed by atoms with van der Waals surface area (Å²) in [5, 5.41) is 0. The van der Waals surface area contributed by atoms with Crippen LogP contribution in [0.2, 0.25) is 0 Å². The number of benzene rings is 1. The van der Waals surface area contributed by atoms with Gasteiger partial charge in [-0.1, -0.05) is 36.4 Å². The minimum absolute atomic E-state index is 0.277. The highest BCUT2D eigenvalue weighted by molar-refractivity contribution is 5.84. The summed E-state index contributed by atoms with van der Waals surface area (Å²) in [7, 11) is 0. The Morgan fingerprint density at radius 2 is 1.85 bits per heavy atom. The molecule has 0 radical (unpaired) electrons. The van der Waals surface area contributed by atoms with Gasteiger partial charge in [-0.2, -0.15) is 0 Å². The maximum absolute atomic E-state index is 13.8. The Labute approximate surface area is 197 Å². The van der Waals surface area contributed by atoms with Crippen LogP contribution in [0.4, 0.5) is 0 Å². The molecule has 5 heteroatoms. The number of hydrogen-bond donors (Lipinski definition) is 0. The van der Waals surface area contributed by atoms with Crippen molar-refractivity contribution in [3.05, 3.63) is 83.9 Å². The summed E-state index contributed by atoms with van der Waals surface area (Å²) < 4.78 is 0. The van der Waals surface area contributed by atoms with E-state index in [-0.39, 0.29) is 5.91 Å². The maximum Gasteiger partial charge on any atom is 0.230 e. The van der Waals surface area contributed by atoms with Crippen LogP contribution >= 0.6 is 0 Å². The van der Waals surface area contributed by atoms with Gasteiger partial charge in [-0.3, -0.25) is 19.7 Å². The second-order valence-electron chi connectivity index (χ2n) is 9.11. The van der Waals surface area contributed by atoms with Crippen molar-refractivity contribution < 1.29 is 4.79 Å². The van der Waals surface area contributed by atoms with Gasteiger partial charge in [-0.05, 0) is 75.0 Å². The highest BCUT2D eigenvalue weighted by atomic mass is 16.2. The average molecular weight is 443 g/mol. The quantitative estimate of drug-likeness (QED) is 0.505. The molecule has 4 rings (SSSR count). The number of hydrogen-bond acceptors (Lipinski definition) is 4. The second kappa shape index (κ2) is 10.3. The zero-order chi connectivity index (χ0) is 23.3.